The number of para-hydroxylation sites is 1. The summed E-state index contributed by atoms with van der Waals surface area (Å²) in [6.45, 7) is -0.455. The fraction of sp³-hybridized carbons (Fsp3) is 0.0476. The molecule has 0 radical (unpaired) electrons. The second-order valence-electron chi connectivity index (χ2n) is 6.39. The molecular weight excluding hydrogens is 486 g/mol. The fourth-order valence-electron chi connectivity index (χ4n) is 2.98. The summed E-state index contributed by atoms with van der Waals surface area (Å²) in [7, 11) is 0. The van der Waals surface area contributed by atoms with Gasteiger partial charge in [-0.15, -0.1) is 0 Å². The molecular formula is C21H14BrN3O3S2. The first-order chi connectivity index (χ1) is 14.4. The van der Waals surface area contributed by atoms with E-state index in [4.69, 9.17) is 22.4 Å². The molecule has 0 unspecified atom stereocenters. The van der Waals surface area contributed by atoms with E-state index in [-0.39, 0.29) is 4.32 Å². The van der Waals surface area contributed by atoms with Crippen molar-refractivity contribution in [3.05, 3.63) is 75.7 Å². The molecule has 30 heavy (non-hydrogen) atoms. The Morgan fingerprint density at radius 3 is 2.67 bits per heavy atom. The van der Waals surface area contributed by atoms with Crippen LogP contribution in [0.5, 0.6) is 0 Å². The fourth-order valence-corrected chi connectivity index (χ4v) is 4.62. The summed E-state index contributed by atoms with van der Waals surface area (Å²) in [4.78, 5) is 25.2. The summed E-state index contributed by atoms with van der Waals surface area (Å²) in [6.07, 6.45) is 3.55. The molecule has 1 aromatic heterocycles. The minimum absolute atomic E-state index is 0.230. The van der Waals surface area contributed by atoms with E-state index in [2.05, 4.69) is 15.9 Å². The summed E-state index contributed by atoms with van der Waals surface area (Å²) in [6, 6.07) is 17.4. The highest BCUT2D eigenvalue weighted by atomic mass is 79.9. The Hall–Kier alpha value is -2.75. The van der Waals surface area contributed by atoms with Gasteiger partial charge in [-0.3, -0.25) is 14.5 Å². The topological polar surface area (TPSA) is 75.4 Å². The molecule has 2 aromatic carbocycles. The van der Waals surface area contributed by atoms with Crippen molar-refractivity contribution in [1.82, 2.24) is 14.7 Å². The SMILES string of the molecule is O=C(O)CN1C(=O)/C(=C/c2cn(-c3ccccc3)nc2-c2cccc(Br)c2)SC1=S. The number of rotatable bonds is 5. The molecule has 0 bridgehead atoms. The third kappa shape index (κ3) is 4.23. The van der Waals surface area contributed by atoms with Crippen molar-refractivity contribution in [3.8, 4) is 16.9 Å². The standard InChI is InChI=1S/C21H14BrN3O3S2/c22-15-6-4-5-13(9-15)19-14(11-25(23-19)16-7-2-1-3-8-16)10-17-20(28)24(12-18(26)27)21(29)30-17/h1-11H,12H2,(H,26,27)/b17-10-. The third-order valence-corrected chi connectivity index (χ3v) is 6.19. The van der Waals surface area contributed by atoms with Crippen molar-refractivity contribution in [2.75, 3.05) is 6.54 Å². The summed E-state index contributed by atoms with van der Waals surface area (Å²) in [5, 5.41) is 13.8. The molecule has 1 fully saturated rings. The Bertz CT molecular complexity index is 1190. The number of carboxylic acid groups (broad SMARTS) is 1. The average Bonchev–Trinajstić information content (AvgIpc) is 3.25. The Kier molecular flexibility index (Phi) is 5.85. The van der Waals surface area contributed by atoms with Gasteiger partial charge in [0.05, 0.1) is 10.6 Å². The lowest BCUT2D eigenvalue weighted by molar-refractivity contribution is -0.140. The lowest BCUT2D eigenvalue weighted by atomic mass is 10.1. The largest absolute Gasteiger partial charge is 0.480 e. The average molecular weight is 500 g/mol. The molecule has 0 aliphatic carbocycles. The van der Waals surface area contributed by atoms with Crippen LogP contribution in [0.15, 0.2) is 70.2 Å². The zero-order valence-electron chi connectivity index (χ0n) is 15.4. The molecule has 1 aliphatic heterocycles. The number of thiocarbonyl (C=S) groups is 1. The van der Waals surface area contributed by atoms with Gasteiger partial charge in [0.2, 0.25) is 0 Å². The Labute approximate surface area is 190 Å². The lowest BCUT2D eigenvalue weighted by Gasteiger charge is -2.10. The molecule has 0 atom stereocenters. The smallest absolute Gasteiger partial charge is 0.323 e. The molecule has 4 rings (SSSR count). The Morgan fingerprint density at radius 2 is 1.97 bits per heavy atom. The van der Waals surface area contributed by atoms with Crippen LogP contribution < -0.4 is 0 Å². The minimum atomic E-state index is -1.11. The van der Waals surface area contributed by atoms with Crippen LogP contribution in [-0.2, 0) is 9.59 Å². The Morgan fingerprint density at radius 1 is 1.20 bits per heavy atom. The monoisotopic (exact) mass is 499 g/mol. The molecule has 0 spiro atoms. The van der Waals surface area contributed by atoms with E-state index in [9.17, 15) is 9.59 Å². The van der Waals surface area contributed by atoms with Crippen LogP contribution in [0, 0.1) is 0 Å². The van der Waals surface area contributed by atoms with Crippen LogP contribution in [0.4, 0.5) is 0 Å². The lowest BCUT2D eigenvalue weighted by Crippen LogP contribution is -2.33. The van der Waals surface area contributed by atoms with E-state index in [1.54, 1.807) is 10.8 Å². The second-order valence-corrected chi connectivity index (χ2v) is 8.98. The first kappa shape index (κ1) is 20.5. The number of benzene rings is 2. The van der Waals surface area contributed by atoms with E-state index in [0.29, 0.717) is 10.6 Å². The van der Waals surface area contributed by atoms with Gasteiger partial charge in [-0.05, 0) is 30.3 Å². The molecule has 3 aromatic rings. The zero-order chi connectivity index (χ0) is 21.3. The molecule has 2 heterocycles. The number of carbonyl (C=O) groups excluding carboxylic acids is 1. The van der Waals surface area contributed by atoms with E-state index in [1.807, 2.05) is 60.8 Å². The van der Waals surface area contributed by atoms with Gasteiger partial charge in [-0.25, -0.2) is 4.68 Å². The maximum absolute atomic E-state index is 12.7. The summed E-state index contributed by atoms with van der Waals surface area (Å²) in [5.41, 5.74) is 3.19. The number of hydrogen-bond donors (Lipinski definition) is 1. The first-order valence-electron chi connectivity index (χ1n) is 8.80. The molecule has 1 N–H and O–H groups in total. The van der Waals surface area contributed by atoms with Gasteiger partial charge in [-0.2, -0.15) is 5.10 Å². The molecule has 0 saturated carbocycles. The highest BCUT2D eigenvalue weighted by Gasteiger charge is 2.33. The van der Waals surface area contributed by atoms with E-state index in [0.717, 1.165) is 37.9 Å². The van der Waals surface area contributed by atoms with Gasteiger partial charge in [0.1, 0.15) is 16.6 Å². The van der Waals surface area contributed by atoms with E-state index < -0.39 is 18.4 Å². The van der Waals surface area contributed by atoms with Gasteiger partial charge >= 0.3 is 5.97 Å². The van der Waals surface area contributed by atoms with Crippen molar-refractivity contribution in [2.45, 2.75) is 0 Å². The molecule has 1 aliphatic rings. The minimum Gasteiger partial charge on any atom is -0.480 e. The van der Waals surface area contributed by atoms with Gasteiger partial charge in [0, 0.05) is 21.8 Å². The molecule has 9 heteroatoms. The quantitative estimate of drug-likeness (QED) is 0.408. The van der Waals surface area contributed by atoms with Crippen LogP contribution in [0.1, 0.15) is 5.56 Å². The summed E-state index contributed by atoms with van der Waals surface area (Å²) < 4.78 is 2.89. The third-order valence-electron chi connectivity index (χ3n) is 4.31. The number of halogens is 1. The van der Waals surface area contributed by atoms with Crippen LogP contribution >= 0.6 is 39.9 Å². The second kappa shape index (κ2) is 8.55. The maximum atomic E-state index is 12.7. The van der Waals surface area contributed by atoms with Crippen LogP contribution in [-0.4, -0.2) is 42.5 Å². The van der Waals surface area contributed by atoms with Crippen LogP contribution in [0.3, 0.4) is 0 Å². The van der Waals surface area contributed by atoms with Gasteiger partial charge in [0.15, 0.2) is 0 Å². The van der Waals surface area contributed by atoms with Crippen LogP contribution in [0.2, 0.25) is 0 Å². The highest BCUT2D eigenvalue weighted by Crippen LogP contribution is 2.35. The number of carboxylic acids is 1. The normalized spacial score (nSPS) is 15.2. The number of thioether (sulfide) groups is 1. The first-order valence-corrected chi connectivity index (χ1v) is 10.8. The van der Waals surface area contributed by atoms with E-state index >= 15 is 0 Å². The predicted octanol–water partition coefficient (Wildman–Crippen LogP) is 4.59. The van der Waals surface area contributed by atoms with Gasteiger partial charge in [0.25, 0.3) is 5.91 Å². The number of aliphatic carboxylic acids is 1. The number of nitrogens with zero attached hydrogens (tertiary/aromatic N) is 3. The van der Waals surface area contributed by atoms with Crippen molar-refractivity contribution in [2.24, 2.45) is 0 Å². The van der Waals surface area contributed by atoms with Crippen molar-refractivity contribution < 1.29 is 14.7 Å². The van der Waals surface area contributed by atoms with Crippen molar-refractivity contribution >= 4 is 62.2 Å². The maximum Gasteiger partial charge on any atom is 0.323 e. The number of hydrogen-bond acceptors (Lipinski definition) is 5. The molecule has 6 nitrogen and oxygen atoms in total. The summed E-state index contributed by atoms with van der Waals surface area (Å²) in [5.74, 6) is -1.53. The van der Waals surface area contributed by atoms with Gasteiger partial charge in [-0.1, -0.05) is 70.2 Å². The Balaban J connectivity index is 1.80. The molecule has 1 amide bonds. The predicted molar refractivity (Wildman–Crippen MR) is 124 cm³/mol. The van der Waals surface area contributed by atoms with E-state index in [1.165, 1.54) is 0 Å². The van der Waals surface area contributed by atoms with Gasteiger partial charge < -0.3 is 5.11 Å². The molecule has 150 valence electrons. The number of carbonyl (C=O) groups is 2. The molecule has 1 saturated heterocycles. The van der Waals surface area contributed by atoms with Crippen molar-refractivity contribution in [3.63, 3.8) is 0 Å². The summed E-state index contributed by atoms with van der Waals surface area (Å²) >= 11 is 9.77. The van der Waals surface area contributed by atoms with Crippen molar-refractivity contribution in [1.29, 1.82) is 0 Å². The zero-order valence-corrected chi connectivity index (χ0v) is 18.6. The van der Waals surface area contributed by atoms with Crippen LogP contribution in [0.25, 0.3) is 23.0 Å². The number of amides is 1. The highest BCUT2D eigenvalue weighted by molar-refractivity contribution is 9.10. The number of aromatic nitrogens is 2.